The van der Waals surface area contributed by atoms with Gasteiger partial charge in [-0.25, -0.2) is 0 Å². The van der Waals surface area contributed by atoms with Gasteiger partial charge in [-0.3, -0.25) is 0 Å². The molecule has 0 aliphatic rings. The van der Waals surface area contributed by atoms with Crippen molar-refractivity contribution in [1.29, 1.82) is 0 Å². The molecule has 1 nitrogen and oxygen atoms in total. The van der Waals surface area contributed by atoms with Crippen molar-refractivity contribution in [3.8, 4) is 0 Å². The van der Waals surface area contributed by atoms with E-state index >= 15 is 0 Å². The average molecular weight is 326 g/mol. The molecule has 0 aromatic carbocycles. The molecule has 0 rings (SSSR count). The minimum atomic E-state index is 0.815. The average Bonchev–Trinajstić information content (AvgIpc) is 2.51. The maximum atomic E-state index is 6.67. The van der Waals surface area contributed by atoms with Crippen LogP contribution in [0.25, 0.3) is 0 Å². The lowest BCUT2D eigenvalue weighted by Crippen LogP contribution is -2.25. The second kappa shape index (κ2) is 12.8. The molecule has 0 radical (unpaired) electrons. The van der Waals surface area contributed by atoms with Crippen LogP contribution in [-0.2, 0) is 0 Å². The Kier molecular flexibility index (Phi) is 12.4. The first-order chi connectivity index (χ1) is 10.5. The van der Waals surface area contributed by atoms with E-state index in [4.69, 9.17) is 11.6 Å². The molecule has 1 unspecified atom stereocenters. The molecule has 0 aliphatic carbocycles. The fraction of sp³-hybridized carbons (Fsp3) is 0.700. The van der Waals surface area contributed by atoms with E-state index in [0.717, 1.165) is 36.9 Å². The lowest BCUT2D eigenvalue weighted by atomic mass is 10.0. The zero-order chi connectivity index (χ0) is 17.0. The van der Waals surface area contributed by atoms with Gasteiger partial charge in [0.05, 0.1) is 10.7 Å². The van der Waals surface area contributed by atoms with Gasteiger partial charge >= 0.3 is 0 Å². The highest BCUT2D eigenvalue weighted by molar-refractivity contribution is 6.32. The molecule has 0 fully saturated rings. The van der Waals surface area contributed by atoms with Gasteiger partial charge in [-0.1, -0.05) is 57.9 Å². The lowest BCUT2D eigenvalue weighted by Gasteiger charge is -2.27. The molecule has 0 saturated heterocycles. The summed E-state index contributed by atoms with van der Waals surface area (Å²) in [5.41, 5.74) is 2.36. The smallest absolute Gasteiger partial charge is 0.0665 e. The van der Waals surface area contributed by atoms with Gasteiger partial charge in [0.25, 0.3) is 0 Å². The second-order valence-corrected chi connectivity index (χ2v) is 6.52. The van der Waals surface area contributed by atoms with Crippen molar-refractivity contribution in [2.75, 3.05) is 13.1 Å². The van der Waals surface area contributed by atoms with Crippen molar-refractivity contribution >= 4 is 11.6 Å². The maximum absolute atomic E-state index is 6.67. The molecule has 0 N–H and O–H groups in total. The van der Waals surface area contributed by atoms with Crippen molar-refractivity contribution in [3.63, 3.8) is 0 Å². The first-order valence-electron chi connectivity index (χ1n) is 8.96. The standard InChI is InChI=1S/C20H36ClN/c1-7-12-18(6)20(21)19(13-8-2)22(15-9-3)16-11-14-17(5)10-4/h8,12-13,17H,7,9-11,14-16H2,1-6H3/b13-8-,18-12+,20-19-. The van der Waals surface area contributed by atoms with Gasteiger partial charge in [-0.15, -0.1) is 0 Å². The maximum Gasteiger partial charge on any atom is 0.0665 e. The highest BCUT2D eigenvalue weighted by atomic mass is 35.5. The molecule has 22 heavy (non-hydrogen) atoms. The van der Waals surface area contributed by atoms with Crippen molar-refractivity contribution in [1.82, 2.24) is 4.90 Å². The van der Waals surface area contributed by atoms with Crippen LogP contribution < -0.4 is 0 Å². The molecule has 0 aromatic rings. The fourth-order valence-corrected chi connectivity index (χ4v) is 2.79. The highest BCUT2D eigenvalue weighted by Gasteiger charge is 2.12. The highest BCUT2D eigenvalue weighted by Crippen LogP contribution is 2.24. The summed E-state index contributed by atoms with van der Waals surface area (Å²) in [5.74, 6) is 0.815. The third kappa shape index (κ3) is 8.08. The van der Waals surface area contributed by atoms with Crippen molar-refractivity contribution in [2.24, 2.45) is 5.92 Å². The summed E-state index contributed by atoms with van der Waals surface area (Å²) in [5, 5.41) is 0.900. The molecule has 0 heterocycles. The second-order valence-electron chi connectivity index (χ2n) is 6.14. The Bertz CT molecular complexity index is 379. The summed E-state index contributed by atoms with van der Waals surface area (Å²) in [7, 11) is 0. The zero-order valence-corrected chi connectivity index (χ0v) is 16.3. The van der Waals surface area contributed by atoms with E-state index in [9.17, 15) is 0 Å². The van der Waals surface area contributed by atoms with Crippen LogP contribution >= 0.6 is 11.6 Å². The summed E-state index contributed by atoms with van der Waals surface area (Å²) < 4.78 is 0. The Morgan fingerprint density at radius 3 is 2.36 bits per heavy atom. The number of rotatable bonds is 11. The molecule has 0 amide bonds. The Balaban J connectivity index is 5.17. The first-order valence-corrected chi connectivity index (χ1v) is 9.33. The molecule has 0 bridgehead atoms. The van der Waals surface area contributed by atoms with Crippen LogP contribution in [0.3, 0.4) is 0 Å². The van der Waals surface area contributed by atoms with Crippen LogP contribution in [0.1, 0.15) is 73.6 Å². The van der Waals surface area contributed by atoms with Gasteiger partial charge in [0.15, 0.2) is 0 Å². The third-order valence-corrected chi connectivity index (χ3v) is 4.55. The van der Waals surface area contributed by atoms with Crippen LogP contribution in [0.15, 0.2) is 34.5 Å². The Morgan fingerprint density at radius 2 is 1.86 bits per heavy atom. The molecule has 0 aromatic heterocycles. The van der Waals surface area contributed by atoms with Gasteiger partial charge in [0, 0.05) is 13.1 Å². The van der Waals surface area contributed by atoms with Crippen LogP contribution in [-0.4, -0.2) is 18.0 Å². The zero-order valence-electron chi connectivity index (χ0n) is 15.6. The first kappa shape index (κ1) is 21.3. The molecule has 0 spiro atoms. The Hall–Kier alpha value is -0.690. The topological polar surface area (TPSA) is 3.24 Å². The SMILES string of the molecule is C\C=C/C(=C(Cl)\C(C)=C\CC)N(CCC)CCCC(C)CC. The molecule has 128 valence electrons. The van der Waals surface area contributed by atoms with E-state index in [1.165, 1.54) is 30.5 Å². The molecule has 2 heteroatoms. The molecular weight excluding hydrogens is 290 g/mol. The summed E-state index contributed by atoms with van der Waals surface area (Å²) in [6.07, 6.45) is 12.4. The summed E-state index contributed by atoms with van der Waals surface area (Å²) >= 11 is 6.67. The summed E-state index contributed by atoms with van der Waals surface area (Å²) in [4.78, 5) is 2.46. The number of allylic oxidation sites excluding steroid dienone is 5. The van der Waals surface area contributed by atoms with E-state index < -0.39 is 0 Å². The van der Waals surface area contributed by atoms with E-state index in [1.54, 1.807) is 0 Å². The monoisotopic (exact) mass is 325 g/mol. The predicted octanol–water partition coefficient (Wildman–Crippen LogP) is 6.91. The van der Waals surface area contributed by atoms with Crippen LogP contribution in [0.4, 0.5) is 0 Å². The summed E-state index contributed by atoms with van der Waals surface area (Å²) in [6.45, 7) is 15.3. The van der Waals surface area contributed by atoms with Gasteiger partial charge in [-0.05, 0) is 57.1 Å². The normalized spacial score (nSPS) is 15.1. The lowest BCUT2D eigenvalue weighted by molar-refractivity contribution is 0.330. The quantitative estimate of drug-likeness (QED) is 0.373. The largest absolute Gasteiger partial charge is 0.370 e. The minimum Gasteiger partial charge on any atom is -0.370 e. The number of hydrogen-bond acceptors (Lipinski definition) is 1. The molecule has 0 aliphatic heterocycles. The number of halogens is 1. The molecule has 1 atom stereocenters. The van der Waals surface area contributed by atoms with Gasteiger partial charge in [0.2, 0.25) is 0 Å². The van der Waals surface area contributed by atoms with Crippen LogP contribution in [0.2, 0.25) is 0 Å². The fourth-order valence-electron chi connectivity index (χ4n) is 2.53. The minimum absolute atomic E-state index is 0.815. The van der Waals surface area contributed by atoms with E-state index in [-0.39, 0.29) is 0 Å². The Labute approximate surface area is 144 Å². The van der Waals surface area contributed by atoms with E-state index in [0.29, 0.717) is 0 Å². The van der Waals surface area contributed by atoms with E-state index in [2.05, 4.69) is 64.7 Å². The van der Waals surface area contributed by atoms with E-state index in [1.807, 2.05) is 0 Å². The van der Waals surface area contributed by atoms with Crippen molar-refractivity contribution in [3.05, 3.63) is 34.5 Å². The number of hydrogen-bond donors (Lipinski definition) is 0. The number of nitrogens with zero attached hydrogens (tertiary/aromatic N) is 1. The molecular formula is C20H36ClN. The van der Waals surface area contributed by atoms with Crippen LogP contribution in [0.5, 0.6) is 0 Å². The van der Waals surface area contributed by atoms with Crippen molar-refractivity contribution in [2.45, 2.75) is 73.6 Å². The van der Waals surface area contributed by atoms with Gasteiger partial charge in [0.1, 0.15) is 0 Å². The third-order valence-electron chi connectivity index (χ3n) is 4.06. The van der Waals surface area contributed by atoms with Crippen molar-refractivity contribution < 1.29 is 0 Å². The summed E-state index contributed by atoms with van der Waals surface area (Å²) in [6, 6.07) is 0. The Morgan fingerprint density at radius 1 is 1.18 bits per heavy atom. The van der Waals surface area contributed by atoms with Gasteiger partial charge in [-0.2, -0.15) is 0 Å². The van der Waals surface area contributed by atoms with Gasteiger partial charge < -0.3 is 4.90 Å². The molecule has 0 saturated carbocycles. The van der Waals surface area contributed by atoms with Crippen LogP contribution in [0, 0.1) is 5.92 Å². The predicted molar refractivity (Wildman–Crippen MR) is 102 cm³/mol.